The van der Waals surface area contributed by atoms with Crippen LogP contribution in [0.2, 0.25) is 0 Å². The minimum absolute atomic E-state index is 0.0201. The van der Waals surface area contributed by atoms with Crippen LogP contribution >= 0.6 is 0 Å². The number of piperidine rings is 1. The Morgan fingerprint density at radius 3 is 3.00 bits per heavy atom. The van der Waals surface area contributed by atoms with Gasteiger partial charge in [0.1, 0.15) is 29.7 Å². The summed E-state index contributed by atoms with van der Waals surface area (Å²) in [7, 11) is -1.29. The molecule has 1 aromatic carbocycles. The average Bonchev–Trinajstić information content (AvgIpc) is 2.59. The largest absolute Gasteiger partial charge is 0.353 e. The van der Waals surface area contributed by atoms with E-state index in [-0.39, 0.29) is 18.7 Å². The molecule has 2 aromatic rings. The maximum Gasteiger partial charge on any atom is 0.143 e. The minimum atomic E-state index is -1.54. The van der Waals surface area contributed by atoms with Crippen LogP contribution in [-0.4, -0.2) is 45.7 Å². The van der Waals surface area contributed by atoms with Gasteiger partial charge >= 0.3 is 0 Å². The van der Waals surface area contributed by atoms with Crippen molar-refractivity contribution in [2.45, 2.75) is 18.5 Å². The summed E-state index contributed by atoms with van der Waals surface area (Å²) in [5.41, 5.74) is -1.28. The standard InChI is InChI=1S/C16H17F2N5OS/c1-25(24)22-8-16(18)3-2-4-23(9-16)15-12-5-11(7-19)13(17)6-14(12)20-10-21-15/h5-6,10,22H,2-4,8-9H2,1H3. The molecule has 0 aliphatic carbocycles. The molecule has 1 saturated heterocycles. The molecule has 1 aromatic heterocycles. The van der Waals surface area contributed by atoms with Gasteiger partial charge in [0, 0.05) is 30.8 Å². The Kier molecular flexibility index (Phi) is 4.92. The van der Waals surface area contributed by atoms with Gasteiger partial charge in [0.25, 0.3) is 0 Å². The zero-order valence-electron chi connectivity index (χ0n) is 13.6. The van der Waals surface area contributed by atoms with Gasteiger partial charge in [-0.1, -0.05) is 0 Å². The number of alkyl halides is 1. The van der Waals surface area contributed by atoms with E-state index in [2.05, 4.69) is 14.7 Å². The van der Waals surface area contributed by atoms with E-state index in [1.807, 2.05) is 0 Å². The van der Waals surface area contributed by atoms with Gasteiger partial charge in [0.15, 0.2) is 0 Å². The summed E-state index contributed by atoms with van der Waals surface area (Å²) in [5, 5.41) is 9.55. The fourth-order valence-electron chi connectivity index (χ4n) is 3.04. The van der Waals surface area contributed by atoms with Gasteiger partial charge in [-0.15, -0.1) is 0 Å². The van der Waals surface area contributed by atoms with Crippen LogP contribution in [0.25, 0.3) is 10.9 Å². The van der Waals surface area contributed by atoms with Gasteiger partial charge in [-0.05, 0) is 18.9 Å². The fourth-order valence-corrected chi connectivity index (χ4v) is 3.51. The van der Waals surface area contributed by atoms with Crippen molar-refractivity contribution >= 4 is 27.7 Å². The maximum atomic E-state index is 15.1. The van der Waals surface area contributed by atoms with E-state index in [1.165, 1.54) is 24.7 Å². The first-order valence-electron chi connectivity index (χ1n) is 7.77. The van der Waals surface area contributed by atoms with Gasteiger partial charge in [-0.25, -0.2) is 27.7 Å². The first-order chi connectivity index (χ1) is 11.9. The van der Waals surface area contributed by atoms with E-state index in [0.29, 0.717) is 36.1 Å². The number of hydrogen-bond donors (Lipinski definition) is 1. The molecule has 0 amide bonds. The topological polar surface area (TPSA) is 81.9 Å². The van der Waals surface area contributed by atoms with Crippen LogP contribution in [0.4, 0.5) is 14.6 Å². The second-order valence-electron chi connectivity index (χ2n) is 6.11. The summed E-state index contributed by atoms with van der Waals surface area (Å²) in [6, 6.07) is 4.38. The summed E-state index contributed by atoms with van der Waals surface area (Å²) in [6.45, 7) is 0.641. The Labute approximate surface area is 146 Å². The molecule has 0 spiro atoms. The SMILES string of the molecule is CS(=O)NCC1(F)CCCN(c2ncnc3cc(F)c(C#N)cc23)C1. The van der Waals surface area contributed by atoms with E-state index in [4.69, 9.17) is 5.26 Å². The second-order valence-corrected chi connectivity index (χ2v) is 7.31. The van der Waals surface area contributed by atoms with Gasteiger partial charge in [0.05, 0.1) is 28.6 Å². The molecule has 0 bridgehead atoms. The van der Waals surface area contributed by atoms with E-state index in [9.17, 15) is 8.60 Å². The van der Waals surface area contributed by atoms with Crippen molar-refractivity contribution in [2.75, 3.05) is 30.8 Å². The average molecular weight is 365 g/mol. The molecule has 1 fully saturated rings. The number of nitrogens with one attached hydrogen (secondary N) is 1. The van der Waals surface area contributed by atoms with Crippen LogP contribution < -0.4 is 9.62 Å². The number of benzene rings is 1. The first-order valence-corrected chi connectivity index (χ1v) is 9.33. The number of fused-ring (bicyclic) bond motifs is 1. The maximum absolute atomic E-state index is 15.1. The molecule has 1 N–H and O–H groups in total. The number of hydrogen-bond acceptors (Lipinski definition) is 5. The molecule has 132 valence electrons. The Hall–Kier alpha value is -2.18. The molecular formula is C16H17F2N5OS. The van der Waals surface area contributed by atoms with Gasteiger partial charge in [0.2, 0.25) is 0 Å². The van der Waals surface area contributed by atoms with E-state index in [1.54, 1.807) is 11.0 Å². The molecule has 1 aliphatic heterocycles. The molecule has 25 heavy (non-hydrogen) atoms. The number of nitrogens with zero attached hydrogens (tertiary/aromatic N) is 4. The van der Waals surface area contributed by atoms with Gasteiger partial charge in [-0.2, -0.15) is 5.26 Å². The van der Waals surface area contributed by atoms with Crippen LogP contribution in [0.5, 0.6) is 0 Å². The lowest BCUT2D eigenvalue weighted by Gasteiger charge is -2.38. The highest BCUT2D eigenvalue weighted by Gasteiger charge is 2.36. The molecule has 3 rings (SSSR count). The van der Waals surface area contributed by atoms with Crippen molar-refractivity contribution in [2.24, 2.45) is 0 Å². The molecule has 0 radical (unpaired) electrons. The van der Waals surface area contributed by atoms with Crippen LogP contribution in [0.3, 0.4) is 0 Å². The van der Waals surface area contributed by atoms with Crippen molar-refractivity contribution in [3.63, 3.8) is 0 Å². The Morgan fingerprint density at radius 1 is 1.48 bits per heavy atom. The predicted octanol–water partition coefficient (Wildman–Crippen LogP) is 1.83. The normalized spacial score (nSPS) is 21.9. The molecule has 2 heterocycles. The molecule has 9 heteroatoms. The molecule has 0 saturated carbocycles. The lowest BCUT2D eigenvalue weighted by Crippen LogP contribution is -2.51. The Morgan fingerprint density at radius 2 is 2.28 bits per heavy atom. The number of anilines is 1. The number of nitriles is 1. The van der Waals surface area contributed by atoms with Crippen molar-refractivity contribution in [1.82, 2.24) is 14.7 Å². The van der Waals surface area contributed by atoms with Crippen molar-refractivity contribution in [3.8, 4) is 6.07 Å². The quantitative estimate of drug-likeness (QED) is 0.894. The van der Waals surface area contributed by atoms with E-state index >= 15 is 4.39 Å². The zero-order valence-corrected chi connectivity index (χ0v) is 14.4. The molecule has 2 unspecified atom stereocenters. The monoisotopic (exact) mass is 365 g/mol. The highest BCUT2D eigenvalue weighted by Crippen LogP contribution is 2.32. The third-order valence-corrected chi connectivity index (χ3v) is 4.79. The van der Waals surface area contributed by atoms with E-state index < -0.39 is 22.5 Å². The lowest BCUT2D eigenvalue weighted by atomic mass is 9.94. The second kappa shape index (κ2) is 6.98. The molecule has 1 aliphatic rings. The van der Waals surface area contributed by atoms with Gasteiger partial charge in [-0.3, -0.25) is 0 Å². The Bertz CT molecular complexity index is 871. The summed E-state index contributed by atoms with van der Waals surface area (Å²) >= 11 is 0. The van der Waals surface area contributed by atoms with Crippen molar-refractivity contribution in [3.05, 3.63) is 29.8 Å². The number of rotatable bonds is 4. The third-order valence-electron chi connectivity index (χ3n) is 4.24. The first kappa shape index (κ1) is 17.6. The Balaban J connectivity index is 1.95. The zero-order chi connectivity index (χ0) is 18.0. The fraction of sp³-hybridized carbons (Fsp3) is 0.438. The van der Waals surface area contributed by atoms with Gasteiger partial charge < -0.3 is 4.90 Å². The summed E-state index contributed by atoms with van der Waals surface area (Å²) in [5.74, 6) is -0.173. The number of aromatic nitrogens is 2. The highest BCUT2D eigenvalue weighted by molar-refractivity contribution is 7.82. The summed E-state index contributed by atoms with van der Waals surface area (Å²) in [4.78, 5) is 10.0. The highest BCUT2D eigenvalue weighted by atomic mass is 32.2. The third kappa shape index (κ3) is 3.75. The van der Waals surface area contributed by atoms with Crippen LogP contribution in [0, 0.1) is 17.1 Å². The smallest absolute Gasteiger partial charge is 0.143 e. The van der Waals surface area contributed by atoms with Crippen LogP contribution in [-0.2, 0) is 11.0 Å². The van der Waals surface area contributed by atoms with Crippen LogP contribution in [0.1, 0.15) is 18.4 Å². The van der Waals surface area contributed by atoms with Crippen molar-refractivity contribution in [1.29, 1.82) is 5.26 Å². The summed E-state index contributed by atoms with van der Waals surface area (Å²) in [6.07, 6.45) is 3.72. The van der Waals surface area contributed by atoms with Crippen molar-refractivity contribution < 1.29 is 13.0 Å². The predicted molar refractivity (Wildman–Crippen MR) is 91.6 cm³/mol. The molecule has 6 nitrogen and oxygen atoms in total. The summed E-state index contributed by atoms with van der Waals surface area (Å²) < 4.78 is 42.7. The number of halogens is 2. The lowest BCUT2D eigenvalue weighted by molar-refractivity contribution is 0.141. The minimum Gasteiger partial charge on any atom is -0.353 e. The molecule has 2 atom stereocenters. The van der Waals surface area contributed by atoms with Crippen LogP contribution in [0.15, 0.2) is 18.5 Å². The molecular weight excluding hydrogens is 348 g/mol. The van der Waals surface area contributed by atoms with E-state index in [0.717, 1.165) is 0 Å².